The van der Waals surface area contributed by atoms with Crippen LogP contribution in [0, 0.1) is 7.11 Å². The van der Waals surface area contributed by atoms with Crippen molar-refractivity contribution in [3.05, 3.63) is 36.9 Å². The van der Waals surface area contributed by atoms with Crippen molar-refractivity contribution in [1.82, 2.24) is 0 Å². The maximum atomic E-state index is 10.5. The van der Waals surface area contributed by atoms with Crippen LogP contribution in [-0.2, 0) is 11.2 Å². The van der Waals surface area contributed by atoms with Crippen LogP contribution in [-0.4, -0.2) is 17.1 Å². The Balaban J connectivity index is 2.64. The third kappa shape index (κ3) is 2.74. The van der Waals surface area contributed by atoms with Crippen LogP contribution in [0.2, 0.25) is 0 Å². The van der Waals surface area contributed by atoms with Crippen molar-refractivity contribution in [1.29, 1.82) is 0 Å². The van der Waals surface area contributed by atoms with Crippen molar-refractivity contribution >= 4 is 5.97 Å². The summed E-state index contributed by atoms with van der Waals surface area (Å²) < 4.78 is 4.72. The van der Waals surface area contributed by atoms with Gasteiger partial charge in [0.1, 0.15) is 18.9 Å². The number of rotatable bonds is 4. The van der Waals surface area contributed by atoms with Gasteiger partial charge in [-0.05, 0) is 24.1 Å². The monoisotopic (exact) mass is 194 g/mol. The topological polar surface area (TPSA) is 72.5 Å². The second-order valence-electron chi connectivity index (χ2n) is 2.94. The normalized spacial score (nSPS) is 12.1. The molecule has 0 aromatic heterocycles. The highest BCUT2D eigenvalue weighted by Crippen LogP contribution is 2.12. The van der Waals surface area contributed by atoms with E-state index in [0.29, 0.717) is 12.2 Å². The number of aliphatic carboxylic acids is 1. The number of benzene rings is 1. The van der Waals surface area contributed by atoms with E-state index in [9.17, 15) is 4.79 Å². The van der Waals surface area contributed by atoms with Gasteiger partial charge in [-0.3, -0.25) is 4.79 Å². The molecule has 0 spiro atoms. The molecule has 0 aliphatic carbocycles. The molecule has 1 radical (unpaired) electrons. The quantitative estimate of drug-likeness (QED) is 0.744. The predicted molar refractivity (Wildman–Crippen MR) is 51.7 cm³/mol. The summed E-state index contributed by atoms with van der Waals surface area (Å²) in [7, 11) is 3.26. The first-order valence-corrected chi connectivity index (χ1v) is 4.13. The van der Waals surface area contributed by atoms with Crippen LogP contribution < -0.4 is 10.5 Å². The smallest absolute Gasteiger partial charge is 0.320 e. The molecule has 0 unspecified atom stereocenters. The first kappa shape index (κ1) is 10.5. The summed E-state index contributed by atoms with van der Waals surface area (Å²) in [5.74, 6) is -0.361. The predicted octanol–water partition coefficient (Wildman–Crippen LogP) is 0.811. The summed E-state index contributed by atoms with van der Waals surface area (Å²) in [4.78, 5) is 10.5. The third-order valence-electron chi connectivity index (χ3n) is 1.86. The Bertz CT molecular complexity index is 308. The van der Waals surface area contributed by atoms with Crippen molar-refractivity contribution in [3.8, 4) is 5.75 Å². The van der Waals surface area contributed by atoms with Gasteiger partial charge in [0.25, 0.3) is 0 Å². The molecule has 4 nitrogen and oxygen atoms in total. The van der Waals surface area contributed by atoms with E-state index in [4.69, 9.17) is 15.6 Å². The lowest BCUT2D eigenvalue weighted by Crippen LogP contribution is -2.32. The molecule has 0 amide bonds. The fourth-order valence-electron chi connectivity index (χ4n) is 1.06. The van der Waals surface area contributed by atoms with E-state index in [0.717, 1.165) is 5.56 Å². The van der Waals surface area contributed by atoms with Gasteiger partial charge in [-0.1, -0.05) is 12.1 Å². The summed E-state index contributed by atoms with van der Waals surface area (Å²) in [5, 5.41) is 8.58. The molecule has 0 saturated heterocycles. The van der Waals surface area contributed by atoms with Gasteiger partial charge in [-0.15, -0.1) is 0 Å². The van der Waals surface area contributed by atoms with Crippen molar-refractivity contribution < 1.29 is 14.6 Å². The van der Waals surface area contributed by atoms with E-state index in [-0.39, 0.29) is 0 Å². The van der Waals surface area contributed by atoms with Gasteiger partial charge >= 0.3 is 5.97 Å². The summed E-state index contributed by atoms with van der Waals surface area (Å²) >= 11 is 0. The lowest BCUT2D eigenvalue weighted by Gasteiger charge is -2.06. The molecule has 0 saturated carbocycles. The number of carboxylic acids is 1. The van der Waals surface area contributed by atoms with Crippen LogP contribution in [0.4, 0.5) is 0 Å². The van der Waals surface area contributed by atoms with Crippen LogP contribution in [0.25, 0.3) is 0 Å². The maximum absolute atomic E-state index is 10.5. The van der Waals surface area contributed by atoms with Crippen molar-refractivity contribution in [2.75, 3.05) is 0 Å². The molecule has 14 heavy (non-hydrogen) atoms. The molecule has 0 heterocycles. The number of carbonyl (C=O) groups is 1. The first-order chi connectivity index (χ1) is 6.63. The molecule has 1 atom stereocenters. The minimum Gasteiger partial charge on any atom is -0.490 e. The zero-order chi connectivity index (χ0) is 10.6. The van der Waals surface area contributed by atoms with Gasteiger partial charge in [0.05, 0.1) is 0 Å². The molecule has 75 valence electrons. The summed E-state index contributed by atoms with van der Waals surface area (Å²) in [6, 6.07) is 6.11. The zero-order valence-electron chi connectivity index (χ0n) is 7.64. The molecular weight excluding hydrogens is 182 g/mol. The van der Waals surface area contributed by atoms with Gasteiger partial charge in [-0.2, -0.15) is 0 Å². The summed E-state index contributed by atoms with van der Waals surface area (Å²) in [6.07, 6.45) is 0.312. The summed E-state index contributed by atoms with van der Waals surface area (Å²) in [6.45, 7) is 0. The third-order valence-corrected chi connectivity index (χ3v) is 1.86. The minimum absolute atomic E-state index is 0.312. The van der Waals surface area contributed by atoms with Gasteiger partial charge in [-0.25, -0.2) is 0 Å². The second-order valence-corrected chi connectivity index (χ2v) is 2.94. The van der Waals surface area contributed by atoms with Crippen LogP contribution in [0.1, 0.15) is 5.56 Å². The van der Waals surface area contributed by atoms with E-state index >= 15 is 0 Å². The Hall–Kier alpha value is -1.55. The SMILES string of the molecule is [CH2]Oc1ccc(C[C@H](N)C(=O)O)cc1. The van der Waals surface area contributed by atoms with Gasteiger partial charge < -0.3 is 15.6 Å². The highest BCUT2D eigenvalue weighted by atomic mass is 16.5. The van der Waals surface area contributed by atoms with Gasteiger partial charge in [0, 0.05) is 0 Å². The fourth-order valence-corrected chi connectivity index (χ4v) is 1.06. The van der Waals surface area contributed by atoms with E-state index in [1.807, 2.05) is 0 Å². The Morgan fingerprint density at radius 2 is 2.07 bits per heavy atom. The molecule has 4 heteroatoms. The number of carboxylic acid groups (broad SMARTS) is 1. The Kier molecular flexibility index (Phi) is 3.48. The largest absolute Gasteiger partial charge is 0.490 e. The lowest BCUT2D eigenvalue weighted by molar-refractivity contribution is -0.138. The van der Waals surface area contributed by atoms with E-state index in [2.05, 4.69) is 7.11 Å². The molecule has 0 bridgehead atoms. The fraction of sp³-hybridized carbons (Fsp3) is 0.200. The van der Waals surface area contributed by atoms with Crippen LogP contribution >= 0.6 is 0 Å². The zero-order valence-corrected chi connectivity index (χ0v) is 7.64. The van der Waals surface area contributed by atoms with Gasteiger partial charge in [0.15, 0.2) is 0 Å². The Morgan fingerprint density at radius 3 is 2.50 bits per heavy atom. The molecule has 0 aliphatic heterocycles. The van der Waals surface area contributed by atoms with Crippen molar-refractivity contribution in [2.24, 2.45) is 5.73 Å². The number of hydrogen-bond donors (Lipinski definition) is 2. The van der Waals surface area contributed by atoms with Crippen molar-refractivity contribution in [3.63, 3.8) is 0 Å². The maximum Gasteiger partial charge on any atom is 0.320 e. The van der Waals surface area contributed by atoms with E-state index in [1.165, 1.54) is 0 Å². The lowest BCUT2D eigenvalue weighted by atomic mass is 10.1. The van der Waals surface area contributed by atoms with Crippen LogP contribution in [0.15, 0.2) is 24.3 Å². The van der Waals surface area contributed by atoms with Crippen LogP contribution in [0.3, 0.4) is 0 Å². The number of hydrogen-bond acceptors (Lipinski definition) is 3. The molecule has 0 aliphatic rings. The standard InChI is InChI=1S/C10H12NO3/c1-14-8-4-2-7(3-5-8)6-9(11)10(12)13/h2-5,9H,1,6,11H2,(H,12,13)/t9-/m0/s1. The second kappa shape index (κ2) is 4.62. The first-order valence-electron chi connectivity index (χ1n) is 4.13. The molecule has 3 N–H and O–H groups in total. The van der Waals surface area contributed by atoms with Crippen molar-refractivity contribution in [2.45, 2.75) is 12.5 Å². The molecule has 1 aromatic rings. The average molecular weight is 194 g/mol. The highest BCUT2D eigenvalue weighted by molar-refractivity contribution is 5.73. The van der Waals surface area contributed by atoms with Crippen LogP contribution in [0.5, 0.6) is 5.75 Å². The average Bonchev–Trinajstić information content (AvgIpc) is 2.19. The van der Waals surface area contributed by atoms with E-state index < -0.39 is 12.0 Å². The Morgan fingerprint density at radius 1 is 1.50 bits per heavy atom. The Labute approximate surface area is 82.3 Å². The molecule has 1 rings (SSSR count). The highest BCUT2D eigenvalue weighted by Gasteiger charge is 2.11. The molecular formula is C10H12NO3. The minimum atomic E-state index is -0.998. The van der Waals surface area contributed by atoms with E-state index in [1.54, 1.807) is 24.3 Å². The number of nitrogens with two attached hydrogens (primary N) is 1. The number of ether oxygens (including phenoxy) is 1. The summed E-state index contributed by atoms with van der Waals surface area (Å²) in [5.41, 5.74) is 6.24. The molecule has 0 fully saturated rings. The van der Waals surface area contributed by atoms with Gasteiger partial charge in [0.2, 0.25) is 0 Å². The molecule has 1 aromatic carbocycles.